The van der Waals surface area contributed by atoms with Gasteiger partial charge in [0.1, 0.15) is 17.9 Å². The van der Waals surface area contributed by atoms with Crippen LogP contribution in [-0.2, 0) is 33.4 Å². The summed E-state index contributed by atoms with van der Waals surface area (Å²) in [5.41, 5.74) is -6.17. The van der Waals surface area contributed by atoms with Gasteiger partial charge in [0.05, 0.1) is 5.60 Å². The molecule has 9 atom stereocenters. The van der Waals surface area contributed by atoms with E-state index in [1.807, 2.05) is 6.92 Å². The molecule has 3 heterocycles. The molecule has 3 aliphatic heterocycles. The first-order valence-corrected chi connectivity index (χ1v) is 12.1. The monoisotopic (exact) mass is 483 g/mol. The van der Waals surface area contributed by atoms with Crippen molar-refractivity contribution < 1.29 is 37.8 Å². The molecule has 0 radical (unpaired) electrons. The van der Waals surface area contributed by atoms with E-state index in [0.717, 1.165) is 6.92 Å². The first-order valence-electron chi connectivity index (χ1n) is 12.1. The summed E-state index contributed by atoms with van der Waals surface area (Å²) in [6, 6.07) is -0.751. The van der Waals surface area contributed by atoms with Gasteiger partial charge < -0.3 is 19.5 Å². The predicted octanol–water partition coefficient (Wildman–Crippen LogP) is 2.56. The third-order valence-corrected chi connectivity index (χ3v) is 8.43. The van der Waals surface area contributed by atoms with Gasteiger partial charge >= 0.3 is 11.9 Å². The van der Waals surface area contributed by atoms with E-state index in [1.54, 1.807) is 34.6 Å². The molecule has 0 saturated carbocycles. The van der Waals surface area contributed by atoms with Crippen LogP contribution in [-0.4, -0.2) is 66.2 Å². The highest BCUT2D eigenvalue weighted by Gasteiger charge is 2.69. The molecule has 3 saturated heterocycles. The number of esters is 2. The van der Waals surface area contributed by atoms with Gasteiger partial charge in [-0.25, -0.2) is 9.18 Å². The SMILES string of the molecule is CC[C@@H]1OC(=O)[C@](C)(F)C(=O)[C@H](C)C[C@](C)(OC)C[C@@H](C)C(=O)[C@]2(C)CN[C@H]3C(=O)O[C@@]1(C)C32. The molecular weight excluding hydrogens is 445 g/mol. The van der Waals surface area contributed by atoms with Gasteiger partial charge in [0, 0.05) is 36.8 Å². The fourth-order valence-electron chi connectivity index (χ4n) is 6.65. The molecule has 1 unspecified atom stereocenters. The minimum Gasteiger partial charge on any atom is -0.455 e. The Hall–Kier alpha value is -1.87. The van der Waals surface area contributed by atoms with Gasteiger partial charge in [0.25, 0.3) is 5.67 Å². The number of carbonyl (C=O) groups is 4. The van der Waals surface area contributed by atoms with Crippen LogP contribution in [0.1, 0.15) is 67.7 Å². The molecule has 3 aliphatic rings. The average Bonchev–Trinajstić information content (AvgIpc) is 3.26. The van der Waals surface area contributed by atoms with Crippen LogP contribution in [0.15, 0.2) is 0 Å². The summed E-state index contributed by atoms with van der Waals surface area (Å²) in [6.07, 6.45) is -0.403. The van der Waals surface area contributed by atoms with Crippen LogP contribution in [0, 0.1) is 23.2 Å². The molecule has 0 aliphatic carbocycles. The summed E-state index contributed by atoms with van der Waals surface area (Å²) < 4.78 is 32.7. The predicted molar refractivity (Wildman–Crippen MR) is 121 cm³/mol. The largest absolute Gasteiger partial charge is 0.455 e. The smallest absolute Gasteiger partial charge is 0.351 e. The Kier molecular flexibility index (Phi) is 6.81. The summed E-state index contributed by atoms with van der Waals surface area (Å²) in [5, 5.41) is 3.13. The number of halogens is 1. The summed E-state index contributed by atoms with van der Waals surface area (Å²) in [7, 11) is 1.49. The average molecular weight is 484 g/mol. The number of methoxy groups -OCH3 is 1. The molecule has 8 nitrogen and oxygen atoms in total. The van der Waals surface area contributed by atoms with Gasteiger partial charge in [-0.2, -0.15) is 0 Å². The zero-order valence-electron chi connectivity index (χ0n) is 21.5. The van der Waals surface area contributed by atoms with Crippen molar-refractivity contribution in [2.45, 2.75) is 96.7 Å². The first kappa shape index (κ1) is 26.7. The normalized spacial score (nSPS) is 48.2. The topological polar surface area (TPSA) is 108 Å². The van der Waals surface area contributed by atoms with Crippen molar-refractivity contribution in [3.05, 3.63) is 0 Å². The Balaban J connectivity index is 2.15. The number of ether oxygens (including phenoxy) is 3. The van der Waals surface area contributed by atoms with Crippen LogP contribution in [0.4, 0.5) is 4.39 Å². The fourth-order valence-corrected chi connectivity index (χ4v) is 6.65. The first-order chi connectivity index (χ1) is 15.6. The van der Waals surface area contributed by atoms with Crippen LogP contribution >= 0.6 is 0 Å². The third-order valence-electron chi connectivity index (χ3n) is 8.43. The Bertz CT molecular complexity index is 890. The van der Waals surface area contributed by atoms with Crippen LogP contribution in [0.5, 0.6) is 0 Å². The van der Waals surface area contributed by atoms with E-state index in [0.29, 0.717) is 6.42 Å². The van der Waals surface area contributed by atoms with E-state index in [-0.39, 0.29) is 25.2 Å². The number of cyclic esters (lactones) is 1. The molecule has 3 fully saturated rings. The standard InChI is InChI=1S/C25H38FNO7/c1-9-15-25(7)17-16(20(30)34-25)27-12-23(17,5)18(28)13(2)10-22(4,32-8)11-14(3)19(29)24(6,26)21(31)33-15/h13-17,27H,9-12H2,1-8H3/t13-,14-,15+,16-,17?,22-,23-,24-,25-/m1/s1. The highest BCUT2D eigenvalue weighted by atomic mass is 19.1. The molecule has 34 heavy (non-hydrogen) atoms. The molecule has 0 amide bonds. The van der Waals surface area contributed by atoms with E-state index in [1.165, 1.54) is 7.11 Å². The highest BCUT2D eigenvalue weighted by molar-refractivity contribution is 6.07. The van der Waals surface area contributed by atoms with Gasteiger partial charge in [-0.3, -0.25) is 14.4 Å². The number of alkyl halides is 1. The van der Waals surface area contributed by atoms with Crippen molar-refractivity contribution in [3.63, 3.8) is 0 Å². The molecule has 9 heteroatoms. The third kappa shape index (κ3) is 3.98. The van der Waals surface area contributed by atoms with Gasteiger partial charge in [-0.1, -0.05) is 27.7 Å². The van der Waals surface area contributed by atoms with Gasteiger partial charge in [-0.05, 0) is 40.0 Å². The molecular formula is C25H38FNO7. The number of nitrogens with one attached hydrogen (secondary N) is 1. The lowest BCUT2D eigenvalue weighted by atomic mass is 9.62. The molecule has 3 rings (SSSR count). The van der Waals surface area contributed by atoms with Gasteiger partial charge in [0.15, 0.2) is 11.4 Å². The lowest BCUT2D eigenvalue weighted by Crippen LogP contribution is -2.57. The van der Waals surface area contributed by atoms with Gasteiger partial charge in [0.2, 0.25) is 0 Å². The molecule has 0 aromatic carbocycles. The Labute approximate surface area is 200 Å². The van der Waals surface area contributed by atoms with Gasteiger partial charge in [-0.15, -0.1) is 0 Å². The second-order valence-corrected chi connectivity index (χ2v) is 11.3. The zero-order chi connectivity index (χ0) is 25.9. The van der Waals surface area contributed by atoms with Crippen molar-refractivity contribution in [3.8, 4) is 0 Å². The summed E-state index contributed by atoms with van der Waals surface area (Å²) in [4.78, 5) is 52.7. The highest BCUT2D eigenvalue weighted by Crippen LogP contribution is 2.53. The van der Waals surface area contributed by atoms with Crippen molar-refractivity contribution in [1.82, 2.24) is 5.32 Å². The lowest BCUT2D eigenvalue weighted by Gasteiger charge is -2.44. The molecule has 0 spiro atoms. The number of hydrogen-bond donors (Lipinski definition) is 1. The van der Waals surface area contributed by atoms with E-state index in [2.05, 4.69) is 5.32 Å². The number of rotatable bonds is 2. The molecule has 1 N–H and O–H groups in total. The van der Waals surface area contributed by atoms with Crippen LogP contribution < -0.4 is 5.32 Å². The number of Topliss-reactive ketones (excluding diaryl/α,β-unsaturated/α-hetero) is 2. The Morgan fingerprint density at radius 1 is 1.03 bits per heavy atom. The van der Waals surface area contributed by atoms with Crippen molar-refractivity contribution in [2.75, 3.05) is 13.7 Å². The number of ketones is 2. The summed E-state index contributed by atoms with van der Waals surface area (Å²) in [5.74, 6) is -4.81. The quantitative estimate of drug-likeness (QED) is 0.472. The maximum Gasteiger partial charge on any atom is 0.351 e. The molecule has 192 valence electrons. The fraction of sp³-hybridized carbons (Fsp3) is 0.840. The summed E-state index contributed by atoms with van der Waals surface area (Å²) >= 11 is 0. The number of hydrogen-bond acceptors (Lipinski definition) is 8. The van der Waals surface area contributed by atoms with Crippen LogP contribution in [0.2, 0.25) is 0 Å². The van der Waals surface area contributed by atoms with Crippen molar-refractivity contribution in [2.24, 2.45) is 23.2 Å². The summed E-state index contributed by atoms with van der Waals surface area (Å²) in [6.45, 7) is 11.5. The second kappa shape index (κ2) is 8.66. The van der Waals surface area contributed by atoms with Crippen molar-refractivity contribution >= 4 is 23.5 Å². The maximum atomic E-state index is 15.6. The zero-order valence-corrected chi connectivity index (χ0v) is 21.5. The molecule has 0 aromatic rings. The van der Waals surface area contributed by atoms with Crippen molar-refractivity contribution in [1.29, 1.82) is 0 Å². The molecule has 0 aromatic heterocycles. The van der Waals surface area contributed by atoms with Crippen LogP contribution in [0.3, 0.4) is 0 Å². The second-order valence-electron chi connectivity index (χ2n) is 11.3. The number of carbonyl (C=O) groups excluding carboxylic acids is 4. The molecule has 0 bridgehead atoms. The minimum atomic E-state index is -2.89. The Morgan fingerprint density at radius 3 is 2.12 bits per heavy atom. The van der Waals surface area contributed by atoms with E-state index < -0.39 is 69.9 Å². The van der Waals surface area contributed by atoms with E-state index >= 15 is 4.39 Å². The Morgan fingerprint density at radius 2 is 1.59 bits per heavy atom. The van der Waals surface area contributed by atoms with E-state index in [9.17, 15) is 19.2 Å². The lowest BCUT2D eigenvalue weighted by molar-refractivity contribution is -0.192. The maximum absolute atomic E-state index is 15.6. The minimum absolute atomic E-state index is 0.0622. The van der Waals surface area contributed by atoms with Crippen LogP contribution in [0.25, 0.3) is 0 Å². The van der Waals surface area contributed by atoms with E-state index in [4.69, 9.17) is 14.2 Å².